The van der Waals surface area contributed by atoms with E-state index in [0.717, 1.165) is 54.9 Å². The molecule has 2 aromatic heterocycles. The Bertz CT molecular complexity index is 1200. The lowest BCUT2D eigenvalue weighted by Gasteiger charge is -2.34. The molecule has 0 spiro atoms. The molecule has 3 aromatic rings. The van der Waals surface area contributed by atoms with Gasteiger partial charge < -0.3 is 15.3 Å². The number of halogens is 5. The molecule has 2 N–H and O–H groups in total. The first kappa shape index (κ1) is 28.6. The van der Waals surface area contributed by atoms with E-state index in [9.17, 15) is 18.0 Å². The van der Waals surface area contributed by atoms with Crippen molar-refractivity contribution in [3.8, 4) is 0 Å². The zero-order chi connectivity index (χ0) is 27.0. The summed E-state index contributed by atoms with van der Waals surface area (Å²) >= 11 is 13.2. The number of carboxylic acids is 1. The summed E-state index contributed by atoms with van der Waals surface area (Å²) in [5, 5.41) is 11.7. The van der Waals surface area contributed by atoms with Crippen LogP contribution in [0.15, 0.2) is 48.7 Å². The van der Waals surface area contributed by atoms with Gasteiger partial charge >= 0.3 is 12.1 Å². The van der Waals surface area contributed by atoms with Gasteiger partial charge in [0.1, 0.15) is 10.2 Å². The predicted molar refractivity (Wildman–Crippen MR) is 135 cm³/mol. The Morgan fingerprint density at radius 3 is 2.27 bits per heavy atom. The highest BCUT2D eigenvalue weighted by Gasteiger charge is 2.38. The van der Waals surface area contributed by atoms with Crippen molar-refractivity contribution >= 4 is 57.4 Å². The minimum atomic E-state index is -5.08. The Labute approximate surface area is 224 Å². The molecule has 0 unspecified atom stereocenters. The number of hydrogen-bond donors (Lipinski definition) is 2. The second-order valence-corrected chi connectivity index (χ2v) is 9.97. The van der Waals surface area contributed by atoms with E-state index in [-0.39, 0.29) is 5.91 Å². The van der Waals surface area contributed by atoms with E-state index in [4.69, 9.17) is 33.1 Å². The van der Waals surface area contributed by atoms with Crippen molar-refractivity contribution in [3.63, 3.8) is 0 Å². The summed E-state index contributed by atoms with van der Waals surface area (Å²) in [5.74, 6) is -1.86. The molecule has 1 aliphatic rings. The third-order valence-corrected chi connectivity index (χ3v) is 6.42. The maximum Gasteiger partial charge on any atom is 0.490 e. The van der Waals surface area contributed by atoms with Gasteiger partial charge in [-0.15, -0.1) is 0 Å². The fraction of sp³-hybridized carbons (Fsp3) is 0.304. The first-order chi connectivity index (χ1) is 17.5. The van der Waals surface area contributed by atoms with E-state index in [1.54, 1.807) is 6.20 Å². The van der Waals surface area contributed by atoms with E-state index < -0.39 is 12.1 Å². The van der Waals surface area contributed by atoms with Crippen LogP contribution in [0.5, 0.6) is 0 Å². The molecule has 14 heteroatoms. The van der Waals surface area contributed by atoms with Crippen molar-refractivity contribution in [2.45, 2.75) is 19.1 Å². The van der Waals surface area contributed by atoms with Gasteiger partial charge in [-0.1, -0.05) is 52.7 Å². The van der Waals surface area contributed by atoms with Gasteiger partial charge in [0.2, 0.25) is 5.91 Å². The molecule has 3 heterocycles. The molecule has 0 aliphatic carbocycles. The van der Waals surface area contributed by atoms with Crippen LogP contribution < -0.4 is 5.32 Å². The molecule has 1 aliphatic heterocycles. The third-order valence-electron chi connectivity index (χ3n) is 5.14. The molecule has 1 amide bonds. The first-order valence-electron chi connectivity index (χ1n) is 10.9. The van der Waals surface area contributed by atoms with Gasteiger partial charge in [-0.2, -0.15) is 13.2 Å². The number of amides is 1. The summed E-state index contributed by atoms with van der Waals surface area (Å²) in [5.41, 5.74) is 1.96. The van der Waals surface area contributed by atoms with Crippen molar-refractivity contribution in [2.24, 2.45) is 0 Å². The minimum Gasteiger partial charge on any atom is -0.475 e. The second-order valence-electron chi connectivity index (χ2n) is 7.87. The van der Waals surface area contributed by atoms with Gasteiger partial charge in [-0.25, -0.2) is 14.8 Å². The van der Waals surface area contributed by atoms with Gasteiger partial charge in [0.25, 0.3) is 0 Å². The number of alkyl halides is 3. The second kappa shape index (κ2) is 13.0. The lowest BCUT2D eigenvalue weighted by Crippen LogP contribution is -2.48. The number of aliphatic carboxylic acids is 1. The van der Waals surface area contributed by atoms with Gasteiger partial charge in [-0.05, 0) is 29.8 Å². The smallest absolute Gasteiger partial charge is 0.475 e. The molecule has 1 aromatic carbocycles. The highest BCUT2D eigenvalue weighted by Crippen LogP contribution is 2.25. The van der Waals surface area contributed by atoms with Gasteiger partial charge in [0.15, 0.2) is 5.13 Å². The lowest BCUT2D eigenvalue weighted by molar-refractivity contribution is -0.192. The van der Waals surface area contributed by atoms with Crippen LogP contribution in [0.4, 0.5) is 24.1 Å². The summed E-state index contributed by atoms with van der Waals surface area (Å²) in [6, 6.07) is 13.4. The molecule has 0 atom stereocenters. The van der Waals surface area contributed by atoms with Crippen molar-refractivity contribution in [2.75, 3.05) is 31.5 Å². The maximum atomic E-state index is 12.6. The van der Waals surface area contributed by atoms with Crippen LogP contribution in [0.2, 0.25) is 9.36 Å². The van der Waals surface area contributed by atoms with Gasteiger partial charge in [-0.3, -0.25) is 9.69 Å². The fourth-order valence-corrected chi connectivity index (χ4v) is 4.28. The van der Waals surface area contributed by atoms with Crippen molar-refractivity contribution in [3.05, 3.63) is 69.3 Å². The molecular weight excluding hydrogens is 554 g/mol. The van der Waals surface area contributed by atoms with Crippen LogP contribution in [0.25, 0.3) is 0 Å². The lowest BCUT2D eigenvalue weighted by atomic mass is 10.1. The molecule has 8 nitrogen and oxygen atoms in total. The van der Waals surface area contributed by atoms with Crippen LogP contribution in [-0.2, 0) is 22.6 Å². The number of rotatable bonds is 6. The summed E-state index contributed by atoms with van der Waals surface area (Å²) < 4.78 is 32.4. The standard InChI is InChI=1S/C21H21Cl2N5OS.C2HF3O2/c22-16-6-4-15(5-7-16)12-20(29)28-10-8-27(9-11-28)14-17-2-1-3-19(25-17)26-21-24-13-18(23)30-21;3-2(4,5)1(6)7/h1-7,13H,8-12,14H2,(H,24,25,26);(H,6,7). The average Bonchev–Trinajstić information content (AvgIpc) is 3.25. The van der Waals surface area contributed by atoms with Crippen molar-refractivity contribution < 1.29 is 27.9 Å². The number of hydrogen-bond acceptors (Lipinski definition) is 7. The number of nitrogens with zero attached hydrogens (tertiary/aromatic N) is 4. The largest absolute Gasteiger partial charge is 0.490 e. The number of benzene rings is 1. The number of carboxylic acid groups (broad SMARTS) is 1. The summed E-state index contributed by atoms with van der Waals surface area (Å²) in [7, 11) is 0. The van der Waals surface area contributed by atoms with Gasteiger partial charge in [0.05, 0.1) is 18.3 Å². The molecule has 0 bridgehead atoms. The SMILES string of the molecule is O=C(Cc1ccc(Cl)cc1)N1CCN(Cc2cccc(Nc3ncc(Cl)s3)n2)CC1.O=C(O)C(F)(F)F. The quantitative estimate of drug-likeness (QED) is 0.421. The van der Waals surface area contributed by atoms with Crippen molar-refractivity contribution in [1.82, 2.24) is 19.8 Å². The van der Waals surface area contributed by atoms with E-state index in [1.807, 2.05) is 47.4 Å². The van der Waals surface area contributed by atoms with Crippen LogP contribution in [0.3, 0.4) is 0 Å². The minimum absolute atomic E-state index is 0.156. The van der Waals surface area contributed by atoms with Crippen LogP contribution in [-0.4, -0.2) is 69.1 Å². The van der Waals surface area contributed by atoms with Gasteiger partial charge in [0, 0.05) is 37.7 Å². The monoisotopic (exact) mass is 575 g/mol. The van der Waals surface area contributed by atoms with E-state index in [2.05, 4.69) is 20.2 Å². The number of pyridine rings is 1. The van der Waals surface area contributed by atoms with E-state index >= 15 is 0 Å². The van der Waals surface area contributed by atoms with E-state index in [1.165, 1.54) is 11.3 Å². The molecule has 198 valence electrons. The zero-order valence-electron chi connectivity index (χ0n) is 19.2. The number of aromatic nitrogens is 2. The first-order valence-corrected chi connectivity index (χ1v) is 12.5. The van der Waals surface area contributed by atoms with Crippen LogP contribution in [0.1, 0.15) is 11.3 Å². The highest BCUT2D eigenvalue weighted by atomic mass is 35.5. The topological polar surface area (TPSA) is 98.7 Å². The number of carbonyl (C=O) groups is 2. The molecule has 4 rings (SSSR count). The molecule has 1 saturated heterocycles. The number of nitrogens with one attached hydrogen (secondary N) is 1. The molecule has 0 radical (unpaired) electrons. The summed E-state index contributed by atoms with van der Waals surface area (Å²) in [4.78, 5) is 34.6. The Balaban J connectivity index is 0.000000479. The predicted octanol–water partition coefficient (Wildman–Crippen LogP) is 5.11. The normalized spacial score (nSPS) is 14.0. The zero-order valence-corrected chi connectivity index (χ0v) is 21.5. The molecular formula is C23H22Cl2F3N5O3S. The fourth-order valence-electron chi connectivity index (χ4n) is 3.33. The Morgan fingerprint density at radius 1 is 1.05 bits per heavy atom. The van der Waals surface area contributed by atoms with Crippen LogP contribution in [0, 0.1) is 0 Å². The Hall–Kier alpha value is -2.93. The number of anilines is 2. The molecule has 0 saturated carbocycles. The Morgan fingerprint density at radius 2 is 1.70 bits per heavy atom. The maximum absolute atomic E-state index is 12.6. The van der Waals surface area contributed by atoms with Crippen LogP contribution >= 0.6 is 34.5 Å². The van der Waals surface area contributed by atoms with Crippen molar-refractivity contribution in [1.29, 1.82) is 0 Å². The third kappa shape index (κ3) is 9.47. The number of piperazine rings is 1. The summed E-state index contributed by atoms with van der Waals surface area (Å²) in [6.45, 7) is 3.85. The number of carbonyl (C=O) groups excluding carboxylic acids is 1. The number of thiazole rings is 1. The Kier molecular flexibility index (Phi) is 10.1. The molecule has 37 heavy (non-hydrogen) atoms. The molecule has 1 fully saturated rings. The summed E-state index contributed by atoms with van der Waals surface area (Å²) in [6.07, 6.45) is -3.06. The van der Waals surface area contributed by atoms with E-state index in [0.29, 0.717) is 15.8 Å². The average molecular weight is 576 g/mol. The highest BCUT2D eigenvalue weighted by molar-refractivity contribution is 7.19.